The third-order valence-electron chi connectivity index (χ3n) is 3.25. The summed E-state index contributed by atoms with van der Waals surface area (Å²) < 4.78 is 7.72. The third-order valence-corrected chi connectivity index (χ3v) is 4.43. The van der Waals surface area contributed by atoms with Gasteiger partial charge in [-0.25, -0.2) is 0 Å². The summed E-state index contributed by atoms with van der Waals surface area (Å²) in [6, 6.07) is 14.7. The molecule has 1 N–H and O–H groups in total. The van der Waals surface area contributed by atoms with E-state index in [0.717, 1.165) is 21.2 Å². The molecule has 0 aromatic heterocycles. The van der Waals surface area contributed by atoms with E-state index >= 15 is 0 Å². The molecule has 112 valence electrons. The van der Waals surface area contributed by atoms with Crippen LogP contribution in [0.15, 0.2) is 51.4 Å². The van der Waals surface area contributed by atoms with Gasteiger partial charge in [-0.3, -0.25) is 0 Å². The minimum Gasteiger partial charge on any atom is -0.494 e. The van der Waals surface area contributed by atoms with E-state index in [2.05, 4.69) is 74.4 Å². The lowest BCUT2D eigenvalue weighted by Gasteiger charge is -2.16. The molecule has 1 atom stereocenters. The molecule has 2 aromatic rings. The first kappa shape index (κ1) is 16.5. The topological polar surface area (TPSA) is 21.3 Å². The number of halogens is 2. The molecule has 0 amide bonds. The molecule has 2 nitrogen and oxygen atoms in total. The summed E-state index contributed by atoms with van der Waals surface area (Å²) in [5, 5.41) is 3.54. The summed E-state index contributed by atoms with van der Waals surface area (Å²) >= 11 is 7.10. The van der Waals surface area contributed by atoms with E-state index in [1.165, 1.54) is 11.1 Å². The number of benzene rings is 2. The lowest BCUT2D eigenvalue weighted by molar-refractivity contribution is 0.339. The molecule has 0 saturated heterocycles. The fourth-order valence-corrected chi connectivity index (χ4v) is 3.54. The Bertz CT molecular complexity index is 601. The minimum atomic E-state index is 0.267. The number of rotatable bonds is 6. The molecule has 1 unspecified atom stereocenters. The van der Waals surface area contributed by atoms with E-state index in [0.29, 0.717) is 6.61 Å². The average Bonchev–Trinajstić information content (AvgIpc) is 2.45. The van der Waals surface area contributed by atoms with Gasteiger partial charge in [0.15, 0.2) is 0 Å². The van der Waals surface area contributed by atoms with Crippen LogP contribution in [-0.2, 0) is 6.54 Å². The van der Waals surface area contributed by atoms with Crippen molar-refractivity contribution in [2.24, 2.45) is 0 Å². The lowest BCUT2D eigenvalue weighted by Crippen LogP contribution is -2.18. The zero-order valence-corrected chi connectivity index (χ0v) is 15.4. The van der Waals surface area contributed by atoms with Gasteiger partial charge >= 0.3 is 0 Å². The predicted molar refractivity (Wildman–Crippen MR) is 94.7 cm³/mol. The monoisotopic (exact) mass is 411 g/mol. The van der Waals surface area contributed by atoms with Crippen LogP contribution in [0.25, 0.3) is 0 Å². The fraction of sp³-hybridized carbons (Fsp3) is 0.294. The van der Waals surface area contributed by atoms with Crippen molar-refractivity contribution in [2.45, 2.75) is 26.4 Å². The molecule has 0 aliphatic carbocycles. The Kier molecular flexibility index (Phi) is 6.27. The van der Waals surface area contributed by atoms with Crippen LogP contribution in [0, 0.1) is 0 Å². The van der Waals surface area contributed by atoms with E-state index in [-0.39, 0.29) is 6.04 Å². The maximum Gasteiger partial charge on any atom is 0.119 e. The van der Waals surface area contributed by atoms with Gasteiger partial charge in [0.2, 0.25) is 0 Å². The third kappa shape index (κ3) is 4.83. The fourth-order valence-electron chi connectivity index (χ4n) is 2.15. The van der Waals surface area contributed by atoms with E-state index in [1.54, 1.807) is 0 Å². The molecule has 2 aromatic carbocycles. The zero-order chi connectivity index (χ0) is 15.2. The van der Waals surface area contributed by atoms with Gasteiger partial charge in [0.1, 0.15) is 5.75 Å². The Morgan fingerprint density at radius 1 is 1.14 bits per heavy atom. The lowest BCUT2D eigenvalue weighted by atomic mass is 10.1. The molecule has 0 heterocycles. The Hall–Kier alpha value is -0.840. The van der Waals surface area contributed by atoms with E-state index in [4.69, 9.17) is 4.74 Å². The quantitative estimate of drug-likeness (QED) is 0.679. The Morgan fingerprint density at radius 3 is 2.67 bits per heavy atom. The van der Waals surface area contributed by atoms with E-state index in [9.17, 15) is 0 Å². The van der Waals surface area contributed by atoms with E-state index < -0.39 is 0 Å². The van der Waals surface area contributed by atoms with Crippen LogP contribution in [0.5, 0.6) is 5.75 Å². The first-order valence-electron chi connectivity index (χ1n) is 7.00. The average molecular weight is 413 g/mol. The molecular formula is C17H19Br2NO. The van der Waals surface area contributed by atoms with Crippen LogP contribution in [-0.4, -0.2) is 6.61 Å². The van der Waals surface area contributed by atoms with Crippen molar-refractivity contribution in [3.05, 3.63) is 62.5 Å². The number of hydrogen-bond acceptors (Lipinski definition) is 2. The van der Waals surface area contributed by atoms with Gasteiger partial charge in [0.25, 0.3) is 0 Å². The van der Waals surface area contributed by atoms with Gasteiger partial charge in [-0.15, -0.1) is 0 Å². The smallest absolute Gasteiger partial charge is 0.119 e. The van der Waals surface area contributed by atoms with Gasteiger partial charge in [0.05, 0.1) is 6.61 Å². The maximum atomic E-state index is 5.53. The SMILES string of the molecule is CCOc1cccc(CNC(C)c2ccc(Br)cc2Br)c1. The molecule has 2 rings (SSSR count). The molecule has 0 fully saturated rings. The van der Waals surface area contributed by atoms with Gasteiger partial charge in [-0.05, 0) is 49.2 Å². The van der Waals surface area contributed by atoms with Crippen molar-refractivity contribution >= 4 is 31.9 Å². The van der Waals surface area contributed by atoms with Crippen molar-refractivity contribution in [1.82, 2.24) is 5.32 Å². The number of ether oxygens (including phenoxy) is 1. The highest BCUT2D eigenvalue weighted by atomic mass is 79.9. The highest BCUT2D eigenvalue weighted by molar-refractivity contribution is 9.11. The van der Waals surface area contributed by atoms with Crippen LogP contribution < -0.4 is 10.1 Å². The summed E-state index contributed by atoms with van der Waals surface area (Å²) in [5.41, 5.74) is 2.47. The molecular weight excluding hydrogens is 394 g/mol. The molecule has 21 heavy (non-hydrogen) atoms. The minimum absolute atomic E-state index is 0.267. The predicted octanol–water partition coefficient (Wildman–Crippen LogP) is 5.46. The van der Waals surface area contributed by atoms with Crippen LogP contribution in [0.3, 0.4) is 0 Å². The second-order valence-corrected chi connectivity index (χ2v) is 6.62. The maximum absolute atomic E-state index is 5.53. The number of hydrogen-bond donors (Lipinski definition) is 1. The number of nitrogens with one attached hydrogen (secondary N) is 1. The van der Waals surface area contributed by atoms with Gasteiger partial charge in [0, 0.05) is 21.5 Å². The summed E-state index contributed by atoms with van der Waals surface area (Å²) in [7, 11) is 0. The molecule has 0 spiro atoms. The van der Waals surface area contributed by atoms with Gasteiger partial charge in [-0.1, -0.05) is 50.1 Å². The van der Waals surface area contributed by atoms with Gasteiger partial charge in [-0.2, -0.15) is 0 Å². The van der Waals surface area contributed by atoms with Crippen LogP contribution >= 0.6 is 31.9 Å². The highest BCUT2D eigenvalue weighted by Crippen LogP contribution is 2.27. The highest BCUT2D eigenvalue weighted by Gasteiger charge is 2.09. The van der Waals surface area contributed by atoms with Crippen molar-refractivity contribution in [3.63, 3.8) is 0 Å². The first-order chi connectivity index (χ1) is 10.1. The standard InChI is InChI=1S/C17H19Br2NO/c1-3-21-15-6-4-5-13(9-15)11-20-12(2)16-8-7-14(18)10-17(16)19/h4-10,12,20H,3,11H2,1-2H3. The largest absolute Gasteiger partial charge is 0.494 e. The summed E-state index contributed by atoms with van der Waals surface area (Å²) in [5.74, 6) is 0.925. The van der Waals surface area contributed by atoms with Crippen LogP contribution in [0.1, 0.15) is 31.0 Å². The zero-order valence-electron chi connectivity index (χ0n) is 12.2. The van der Waals surface area contributed by atoms with Crippen molar-refractivity contribution in [2.75, 3.05) is 6.61 Å². The Morgan fingerprint density at radius 2 is 1.95 bits per heavy atom. The Labute approximate surface area is 143 Å². The second-order valence-electron chi connectivity index (χ2n) is 4.85. The molecule has 0 radical (unpaired) electrons. The molecule has 0 saturated carbocycles. The molecule has 0 bridgehead atoms. The summed E-state index contributed by atoms with van der Waals surface area (Å²) in [6.45, 7) is 5.67. The molecule has 0 aliphatic rings. The van der Waals surface area contributed by atoms with Gasteiger partial charge < -0.3 is 10.1 Å². The van der Waals surface area contributed by atoms with E-state index in [1.807, 2.05) is 19.1 Å². The molecule has 0 aliphatic heterocycles. The summed E-state index contributed by atoms with van der Waals surface area (Å²) in [6.07, 6.45) is 0. The first-order valence-corrected chi connectivity index (χ1v) is 8.59. The molecule has 4 heteroatoms. The second kappa shape index (κ2) is 7.97. The van der Waals surface area contributed by atoms with Crippen molar-refractivity contribution in [3.8, 4) is 5.75 Å². The summed E-state index contributed by atoms with van der Waals surface area (Å²) in [4.78, 5) is 0. The van der Waals surface area contributed by atoms with Crippen LogP contribution in [0.4, 0.5) is 0 Å². The Balaban J connectivity index is 2.00. The van der Waals surface area contributed by atoms with Crippen molar-refractivity contribution in [1.29, 1.82) is 0 Å². The normalized spacial score (nSPS) is 12.2. The van der Waals surface area contributed by atoms with Crippen molar-refractivity contribution < 1.29 is 4.74 Å². The van der Waals surface area contributed by atoms with Crippen LogP contribution in [0.2, 0.25) is 0 Å².